The van der Waals surface area contributed by atoms with Gasteiger partial charge in [-0.3, -0.25) is 9.89 Å². The van der Waals surface area contributed by atoms with E-state index in [9.17, 15) is 9.18 Å². The molecule has 1 aliphatic rings. The maximum absolute atomic E-state index is 13.4. The van der Waals surface area contributed by atoms with Gasteiger partial charge in [0.2, 0.25) is 5.91 Å². The summed E-state index contributed by atoms with van der Waals surface area (Å²) in [7, 11) is 1.50. The van der Waals surface area contributed by atoms with Gasteiger partial charge in [-0.2, -0.15) is 5.10 Å². The van der Waals surface area contributed by atoms with Crippen LogP contribution < -0.4 is 10.1 Å². The predicted octanol–water partition coefficient (Wildman–Crippen LogP) is 1.69. The number of carbonyl (C=O) groups excluding carboxylic acids is 1. The van der Waals surface area contributed by atoms with Crippen molar-refractivity contribution in [3.05, 3.63) is 41.7 Å². The third-order valence-electron chi connectivity index (χ3n) is 4.05. The molecule has 0 atom stereocenters. The lowest BCUT2D eigenvalue weighted by atomic mass is 9.76. The zero-order valence-corrected chi connectivity index (χ0v) is 12.2. The van der Waals surface area contributed by atoms with Crippen LogP contribution in [0, 0.1) is 5.82 Å². The standard InChI is InChI=1S/C15H17FN4O2/c1-22-12-4-3-11(16)7-10(12)8-13(21)19-15(5-2-6-15)14-17-9-18-20-14/h3-4,7,9H,2,5-6,8H2,1H3,(H,19,21)(H,17,18,20). The Morgan fingerprint density at radius 2 is 2.32 bits per heavy atom. The quantitative estimate of drug-likeness (QED) is 0.881. The van der Waals surface area contributed by atoms with Crippen LogP contribution in [0.4, 0.5) is 4.39 Å². The number of aromatic nitrogens is 3. The Kier molecular flexibility index (Phi) is 3.79. The Hall–Kier alpha value is -2.44. The maximum Gasteiger partial charge on any atom is 0.225 e. The second-order valence-corrected chi connectivity index (χ2v) is 5.45. The number of carbonyl (C=O) groups is 1. The van der Waals surface area contributed by atoms with Crippen LogP contribution in [0.25, 0.3) is 0 Å². The van der Waals surface area contributed by atoms with E-state index in [1.54, 1.807) is 0 Å². The van der Waals surface area contributed by atoms with Crippen molar-refractivity contribution in [3.8, 4) is 5.75 Å². The van der Waals surface area contributed by atoms with E-state index in [-0.39, 0.29) is 12.3 Å². The van der Waals surface area contributed by atoms with Gasteiger partial charge in [-0.25, -0.2) is 9.37 Å². The van der Waals surface area contributed by atoms with Crippen LogP contribution in [0.2, 0.25) is 0 Å². The highest BCUT2D eigenvalue weighted by Gasteiger charge is 2.42. The minimum Gasteiger partial charge on any atom is -0.496 e. The number of hydrogen-bond acceptors (Lipinski definition) is 4. The number of methoxy groups -OCH3 is 1. The zero-order valence-electron chi connectivity index (χ0n) is 12.2. The molecular formula is C15H17FN4O2. The van der Waals surface area contributed by atoms with Gasteiger partial charge in [-0.1, -0.05) is 0 Å². The molecule has 0 radical (unpaired) electrons. The Morgan fingerprint density at radius 3 is 2.91 bits per heavy atom. The van der Waals surface area contributed by atoms with Gasteiger partial charge in [0.05, 0.1) is 19.1 Å². The van der Waals surface area contributed by atoms with Gasteiger partial charge < -0.3 is 10.1 Å². The van der Waals surface area contributed by atoms with Gasteiger partial charge in [0.1, 0.15) is 23.7 Å². The fraction of sp³-hybridized carbons (Fsp3) is 0.400. The van der Waals surface area contributed by atoms with Crippen molar-refractivity contribution in [2.45, 2.75) is 31.2 Å². The third kappa shape index (κ3) is 2.66. The molecule has 1 heterocycles. The van der Waals surface area contributed by atoms with E-state index in [0.717, 1.165) is 19.3 Å². The van der Waals surface area contributed by atoms with Crippen molar-refractivity contribution >= 4 is 5.91 Å². The molecule has 6 nitrogen and oxygen atoms in total. The monoisotopic (exact) mass is 304 g/mol. The minimum absolute atomic E-state index is 0.0524. The third-order valence-corrected chi connectivity index (χ3v) is 4.05. The molecule has 0 aliphatic heterocycles. The summed E-state index contributed by atoms with van der Waals surface area (Å²) in [5.74, 6) is 0.578. The fourth-order valence-corrected chi connectivity index (χ4v) is 2.76. The second-order valence-electron chi connectivity index (χ2n) is 5.45. The molecule has 0 spiro atoms. The summed E-state index contributed by atoms with van der Waals surface area (Å²) < 4.78 is 18.5. The summed E-state index contributed by atoms with van der Waals surface area (Å²) in [6.45, 7) is 0. The Labute approximate surface area is 127 Å². The summed E-state index contributed by atoms with van der Waals surface area (Å²) in [6, 6.07) is 4.15. The number of amides is 1. The van der Waals surface area contributed by atoms with E-state index in [2.05, 4.69) is 20.5 Å². The average molecular weight is 304 g/mol. The van der Waals surface area contributed by atoms with Gasteiger partial charge in [0, 0.05) is 5.56 Å². The Morgan fingerprint density at radius 1 is 1.50 bits per heavy atom. The first-order valence-corrected chi connectivity index (χ1v) is 7.12. The Bertz CT molecular complexity index is 668. The molecule has 0 saturated heterocycles. The zero-order chi connectivity index (χ0) is 15.6. The normalized spacial score (nSPS) is 15.9. The van der Waals surface area contributed by atoms with Crippen LogP contribution in [0.1, 0.15) is 30.7 Å². The molecule has 1 aromatic heterocycles. The molecule has 1 aliphatic carbocycles. The molecule has 116 valence electrons. The molecule has 3 rings (SSSR count). The molecule has 1 aromatic carbocycles. The number of aromatic amines is 1. The summed E-state index contributed by atoms with van der Waals surface area (Å²) in [5, 5.41) is 9.66. The van der Waals surface area contributed by atoms with E-state index in [1.807, 2.05) is 0 Å². The van der Waals surface area contributed by atoms with E-state index >= 15 is 0 Å². The van der Waals surface area contributed by atoms with Gasteiger partial charge in [-0.15, -0.1) is 0 Å². The summed E-state index contributed by atoms with van der Waals surface area (Å²) in [4.78, 5) is 16.5. The lowest BCUT2D eigenvalue weighted by molar-refractivity contribution is -0.123. The summed E-state index contributed by atoms with van der Waals surface area (Å²) in [6.07, 6.45) is 4.13. The molecule has 22 heavy (non-hydrogen) atoms. The SMILES string of the molecule is COc1ccc(F)cc1CC(=O)NC1(c2ncn[nH]2)CCC1. The molecule has 1 saturated carbocycles. The minimum atomic E-state index is -0.478. The van der Waals surface area contributed by atoms with Crippen LogP contribution in [-0.2, 0) is 16.8 Å². The number of ether oxygens (including phenoxy) is 1. The highest BCUT2D eigenvalue weighted by atomic mass is 19.1. The highest BCUT2D eigenvalue weighted by Crippen LogP contribution is 2.39. The number of nitrogens with one attached hydrogen (secondary N) is 2. The predicted molar refractivity (Wildman–Crippen MR) is 76.7 cm³/mol. The van der Waals surface area contributed by atoms with Crippen LogP contribution in [-0.4, -0.2) is 28.2 Å². The number of nitrogens with zero attached hydrogens (tertiary/aromatic N) is 2. The number of H-pyrrole nitrogens is 1. The molecule has 7 heteroatoms. The van der Waals surface area contributed by atoms with Gasteiger partial charge in [0.15, 0.2) is 0 Å². The lowest BCUT2D eigenvalue weighted by Gasteiger charge is -2.40. The maximum atomic E-state index is 13.4. The van der Waals surface area contributed by atoms with Gasteiger partial charge >= 0.3 is 0 Å². The lowest BCUT2D eigenvalue weighted by Crippen LogP contribution is -2.52. The van der Waals surface area contributed by atoms with Crippen LogP contribution in [0.3, 0.4) is 0 Å². The smallest absolute Gasteiger partial charge is 0.225 e. The molecule has 0 bridgehead atoms. The van der Waals surface area contributed by atoms with Crippen molar-refractivity contribution in [2.24, 2.45) is 0 Å². The molecular weight excluding hydrogens is 287 g/mol. The van der Waals surface area contributed by atoms with Crippen LogP contribution in [0.15, 0.2) is 24.5 Å². The summed E-state index contributed by atoms with van der Waals surface area (Å²) >= 11 is 0. The summed E-state index contributed by atoms with van der Waals surface area (Å²) in [5.41, 5.74) is 0.0424. The average Bonchev–Trinajstić information content (AvgIpc) is 2.97. The van der Waals surface area contributed by atoms with Gasteiger partial charge in [-0.05, 0) is 37.5 Å². The number of halogens is 1. The molecule has 0 unspecified atom stereocenters. The van der Waals surface area contributed by atoms with Crippen molar-refractivity contribution in [1.29, 1.82) is 0 Å². The van der Waals surface area contributed by atoms with E-state index in [4.69, 9.17) is 4.74 Å². The van der Waals surface area contributed by atoms with Crippen LogP contribution >= 0.6 is 0 Å². The van der Waals surface area contributed by atoms with E-state index < -0.39 is 11.4 Å². The molecule has 1 fully saturated rings. The number of hydrogen-bond donors (Lipinski definition) is 2. The first-order valence-electron chi connectivity index (χ1n) is 7.12. The topological polar surface area (TPSA) is 79.9 Å². The second kappa shape index (κ2) is 5.75. The first kappa shape index (κ1) is 14.5. The van der Waals surface area contributed by atoms with E-state index in [0.29, 0.717) is 17.1 Å². The van der Waals surface area contributed by atoms with Crippen LogP contribution in [0.5, 0.6) is 5.75 Å². The number of benzene rings is 1. The molecule has 2 aromatic rings. The van der Waals surface area contributed by atoms with Crippen molar-refractivity contribution in [1.82, 2.24) is 20.5 Å². The van der Waals surface area contributed by atoms with Gasteiger partial charge in [0.25, 0.3) is 0 Å². The molecule has 2 N–H and O–H groups in total. The van der Waals surface area contributed by atoms with E-state index in [1.165, 1.54) is 31.6 Å². The molecule has 1 amide bonds. The van der Waals surface area contributed by atoms with Crippen molar-refractivity contribution in [2.75, 3.05) is 7.11 Å². The highest BCUT2D eigenvalue weighted by molar-refractivity contribution is 5.80. The van der Waals surface area contributed by atoms with Crippen molar-refractivity contribution < 1.29 is 13.9 Å². The first-order chi connectivity index (χ1) is 10.6. The van der Waals surface area contributed by atoms with Crippen molar-refractivity contribution in [3.63, 3.8) is 0 Å². The fourth-order valence-electron chi connectivity index (χ4n) is 2.76. The number of rotatable bonds is 5. The largest absolute Gasteiger partial charge is 0.496 e. The Balaban J connectivity index is 1.74.